The van der Waals surface area contributed by atoms with Crippen molar-refractivity contribution in [1.29, 1.82) is 0 Å². The number of thioether (sulfide) groups is 1. The van der Waals surface area contributed by atoms with Crippen LogP contribution < -0.4 is 0 Å². The Hall–Kier alpha value is -1.06. The Morgan fingerprint density at radius 3 is 2.94 bits per heavy atom. The van der Waals surface area contributed by atoms with Gasteiger partial charge in [-0.25, -0.2) is 0 Å². The van der Waals surface area contributed by atoms with E-state index in [2.05, 4.69) is 12.1 Å². The van der Waals surface area contributed by atoms with Crippen LogP contribution in [0.1, 0.15) is 12.0 Å². The molecule has 18 heavy (non-hydrogen) atoms. The molecule has 0 amide bonds. The van der Waals surface area contributed by atoms with Crippen LogP contribution in [-0.2, 0) is 16.1 Å². The molecule has 3 atom stereocenters. The topological polar surface area (TPSA) is 26.3 Å². The molecule has 94 valence electrons. The van der Waals surface area contributed by atoms with E-state index in [1.54, 1.807) is 6.08 Å². The van der Waals surface area contributed by atoms with E-state index in [9.17, 15) is 4.79 Å². The predicted molar refractivity (Wildman–Crippen MR) is 73.5 cm³/mol. The zero-order valence-corrected chi connectivity index (χ0v) is 10.9. The average molecular weight is 260 g/mol. The second-order valence-corrected chi connectivity index (χ2v) is 6.04. The van der Waals surface area contributed by atoms with Gasteiger partial charge in [0.15, 0.2) is 5.78 Å². The van der Waals surface area contributed by atoms with Crippen LogP contribution >= 0.6 is 11.8 Å². The number of benzene rings is 1. The second-order valence-electron chi connectivity index (χ2n) is 4.83. The summed E-state index contributed by atoms with van der Waals surface area (Å²) in [7, 11) is 0. The average Bonchev–Trinajstić information content (AvgIpc) is 2.80. The van der Waals surface area contributed by atoms with Gasteiger partial charge < -0.3 is 4.74 Å². The van der Waals surface area contributed by atoms with Crippen molar-refractivity contribution in [3.05, 3.63) is 48.0 Å². The molecular formula is C15H16O2S. The Morgan fingerprint density at radius 1 is 1.28 bits per heavy atom. The normalized spacial score (nSPS) is 30.4. The van der Waals surface area contributed by atoms with E-state index in [-0.39, 0.29) is 11.9 Å². The third-order valence-corrected chi connectivity index (χ3v) is 4.98. The number of rotatable bonds is 3. The molecule has 0 radical (unpaired) electrons. The third-order valence-electron chi connectivity index (χ3n) is 3.57. The molecule has 2 aliphatic rings. The number of allylic oxidation sites excluding steroid dienone is 1. The summed E-state index contributed by atoms with van der Waals surface area (Å²) < 4.78 is 6.00. The van der Waals surface area contributed by atoms with Gasteiger partial charge >= 0.3 is 0 Å². The molecule has 0 unspecified atom stereocenters. The Kier molecular flexibility index (Phi) is 3.52. The lowest BCUT2D eigenvalue weighted by Crippen LogP contribution is -2.29. The largest absolute Gasteiger partial charge is 0.372 e. The molecular weight excluding hydrogens is 244 g/mol. The summed E-state index contributed by atoms with van der Waals surface area (Å²) in [6.07, 6.45) is 4.64. The Bertz CT molecular complexity index is 455. The van der Waals surface area contributed by atoms with Crippen LogP contribution in [-0.4, -0.2) is 22.9 Å². The van der Waals surface area contributed by atoms with Gasteiger partial charge in [-0.1, -0.05) is 36.4 Å². The molecule has 2 nitrogen and oxygen atoms in total. The first-order valence-electron chi connectivity index (χ1n) is 6.31. The van der Waals surface area contributed by atoms with Crippen molar-refractivity contribution in [3.8, 4) is 0 Å². The third kappa shape index (κ3) is 2.52. The highest BCUT2D eigenvalue weighted by Gasteiger charge is 2.38. The van der Waals surface area contributed by atoms with Gasteiger partial charge in [-0.3, -0.25) is 4.79 Å². The number of carbonyl (C=O) groups excluding carboxylic acids is 1. The molecule has 3 heteroatoms. The number of ketones is 1. The highest BCUT2D eigenvalue weighted by molar-refractivity contribution is 8.00. The van der Waals surface area contributed by atoms with Gasteiger partial charge in [-0.05, 0) is 11.6 Å². The minimum absolute atomic E-state index is 0.217. The van der Waals surface area contributed by atoms with Gasteiger partial charge in [0.2, 0.25) is 0 Å². The number of fused-ring (bicyclic) bond motifs is 1. The SMILES string of the molecule is O=C1C=C[C@H]2SC[C@H](OCc3ccccc3)[C@H]2C1. The number of ether oxygens (including phenoxy) is 1. The minimum Gasteiger partial charge on any atom is -0.372 e. The van der Waals surface area contributed by atoms with Gasteiger partial charge in [0.25, 0.3) is 0 Å². The van der Waals surface area contributed by atoms with Gasteiger partial charge in [0.1, 0.15) is 0 Å². The first-order chi connectivity index (χ1) is 8.83. The van der Waals surface area contributed by atoms with Crippen molar-refractivity contribution in [1.82, 2.24) is 0 Å². The maximum Gasteiger partial charge on any atom is 0.155 e. The Labute approximate surface area is 111 Å². The van der Waals surface area contributed by atoms with E-state index in [0.29, 0.717) is 24.2 Å². The van der Waals surface area contributed by atoms with Crippen LogP contribution in [0.3, 0.4) is 0 Å². The van der Waals surface area contributed by atoms with Crippen LogP contribution in [0.25, 0.3) is 0 Å². The number of carbonyl (C=O) groups is 1. The Morgan fingerprint density at radius 2 is 2.11 bits per heavy atom. The monoisotopic (exact) mass is 260 g/mol. The summed E-state index contributed by atoms with van der Waals surface area (Å²) in [6, 6.07) is 10.2. The highest BCUT2D eigenvalue weighted by Crippen LogP contribution is 2.39. The van der Waals surface area contributed by atoms with E-state index in [0.717, 1.165) is 5.75 Å². The molecule has 1 saturated heterocycles. The van der Waals surface area contributed by atoms with Crippen LogP contribution in [0.5, 0.6) is 0 Å². The zero-order valence-electron chi connectivity index (χ0n) is 10.1. The standard InChI is InChI=1S/C15H16O2S/c16-12-6-7-15-13(8-12)14(10-18-15)17-9-11-4-2-1-3-5-11/h1-7,13-15H,8-10H2/t13-,14+,15-/m1/s1. The van der Waals surface area contributed by atoms with Gasteiger partial charge in [-0.2, -0.15) is 11.8 Å². The first-order valence-corrected chi connectivity index (χ1v) is 7.36. The molecule has 0 spiro atoms. The van der Waals surface area contributed by atoms with Crippen LogP contribution in [0, 0.1) is 5.92 Å². The summed E-state index contributed by atoms with van der Waals surface area (Å²) >= 11 is 1.91. The van der Waals surface area contributed by atoms with Crippen LogP contribution in [0.2, 0.25) is 0 Å². The van der Waals surface area contributed by atoms with Crippen molar-refractivity contribution in [2.75, 3.05) is 5.75 Å². The van der Waals surface area contributed by atoms with Crippen molar-refractivity contribution in [2.45, 2.75) is 24.4 Å². The second kappa shape index (κ2) is 5.29. The molecule has 1 aliphatic carbocycles. The summed E-state index contributed by atoms with van der Waals surface area (Å²) in [4.78, 5) is 11.5. The summed E-state index contributed by atoms with van der Waals surface area (Å²) in [5.41, 5.74) is 1.20. The predicted octanol–water partition coefficient (Wildman–Crippen LogP) is 2.83. The van der Waals surface area contributed by atoms with Crippen molar-refractivity contribution in [3.63, 3.8) is 0 Å². The highest BCUT2D eigenvalue weighted by atomic mass is 32.2. The summed E-state index contributed by atoms with van der Waals surface area (Å²) in [6.45, 7) is 0.646. The zero-order chi connectivity index (χ0) is 12.4. The molecule has 1 fully saturated rings. The van der Waals surface area contributed by atoms with Gasteiger partial charge in [0, 0.05) is 23.3 Å². The van der Waals surface area contributed by atoms with Crippen LogP contribution in [0.15, 0.2) is 42.5 Å². The lowest BCUT2D eigenvalue weighted by molar-refractivity contribution is -0.117. The van der Waals surface area contributed by atoms with Crippen LogP contribution in [0.4, 0.5) is 0 Å². The van der Waals surface area contributed by atoms with Gasteiger partial charge in [-0.15, -0.1) is 0 Å². The van der Waals surface area contributed by atoms with E-state index in [1.165, 1.54) is 5.56 Å². The first kappa shape index (κ1) is 12.0. The molecule has 0 N–H and O–H groups in total. The number of hydrogen-bond acceptors (Lipinski definition) is 3. The summed E-state index contributed by atoms with van der Waals surface area (Å²) in [5, 5.41) is 0.475. The molecule has 1 aliphatic heterocycles. The minimum atomic E-state index is 0.217. The molecule has 1 heterocycles. The van der Waals surface area contributed by atoms with E-state index in [1.807, 2.05) is 36.0 Å². The fraction of sp³-hybridized carbons (Fsp3) is 0.400. The molecule has 1 aromatic carbocycles. The quantitative estimate of drug-likeness (QED) is 0.836. The Balaban J connectivity index is 1.61. The molecule has 0 aromatic heterocycles. The smallest absolute Gasteiger partial charge is 0.155 e. The van der Waals surface area contributed by atoms with Crippen molar-refractivity contribution >= 4 is 17.5 Å². The molecule has 0 saturated carbocycles. The maximum absolute atomic E-state index is 11.5. The molecule has 0 bridgehead atoms. The molecule has 3 rings (SSSR count). The van der Waals surface area contributed by atoms with Crippen molar-refractivity contribution in [2.24, 2.45) is 5.92 Å². The van der Waals surface area contributed by atoms with E-state index < -0.39 is 0 Å². The fourth-order valence-electron chi connectivity index (χ4n) is 2.56. The molecule has 1 aromatic rings. The van der Waals surface area contributed by atoms with E-state index >= 15 is 0 Å². The fourth-order valence-corrected chi connectivity index (χ4v) is 4.03. The number of hydrogen-bond donors (Lipinski definition) is 0. The lowest BCUT2D eigenvalue weighted by Gasteiger charge is -2.24. The maximum atomic E-state index is 11.5. The van der Waals surface area contributed by atoms with Gasteiger partial charge in [0.05, 0.1) is 12.7 Å². The van der Waals surface area contributed by atoms with Crippen molar-refractivity contribution < 1.29 is 9.53 Å². The summed E-state index contributed by atoms with van der Waals surface area (Å²) in [5.74, 6) is 1.61. The van der Waals surface area contributed by atoms with E-state index in [4.69, 9.17) is 4.74 Å². The lowest BCUT2D eigenvalue weighted by atomic mass is 9.89.